The number of fused-ring (bicyclic) bond motifs is 4. The maximum absolute atomic E-state index is 12.9. The normalized spacial score (nSPS) is 42.4. The molecule has 0 aliphatic heterocycles. The fourth-order valence-electron chi connectivity index (χ4n) is 5.49. The van der Waals surface area contributed by atoms with E-state index in [4.69, 9.17) is 0 Å². The third-order valence-corrected chi connectivity index (χ3v) is 6.36. The van der Waals surface area contributed by atoms with Crippen LogP contribution in [0.15, 0.2) is 30.3 Å². The fourth-order valence-corrected chi connectivity index (χ4v) is 5.49. The number of ketones is 1. The van der Waals surface area contributed by atoms with Gasteiger partial charge in [-0.15, -0.1) is 0 Å². The predicted octanol–water partition coefficient (Wildman–Crippen LogP) is 3.69. The van der Waals surface area contributed by atoms with Crippen molar-refractivity contribution in [1.29, 1.82) is 0 Å². The Morgan fingerprint density at radius 2 is 1.81 bits per heavy atom. The monoisotopic (exact) mass is 284 g/mol. The molecular weight excluding hydrogens is 260 g/mol. The molecule has 0 aromatic heterocycles. The average Bonchev–Trinajstić information content (AvgIpc) is 2.50. The summed E-state index contributed by atoms with van der Waals surface area (Å²) >= 11 is 0. The van der Waals surface area contributed by atoms with Gasteiger partial charge in [-0.2, -0.15) is 0 Å². The third kappa shape index (κ3) is 1.92. The first-order valence-electron chi connectivity index (χ1n) is 8.53. The molecule has 5 unspecified atom stereocenters. The summed E-state index contributed by atoms with van der Waals surface area (Å²) in [6.07, 6.45) is 7.19. The second-order valence-corrected chi connectivity index (χ2v) is 7.27. The largest absolute Gasteiger partial charge is 0.389 e. The van der Waals surface area contributed by atoms with E-state index in [1.165, 1.54) is 12.0 Å². The smallest absolute Gasteiger partial charge is 0.142 e. The zero-order valence-corrected chi connectivity index (χ0v) is 12.5. The van der Waals surface area contributed by atoms with E-state index in [2.05, 4.69) is 24.3 Å². The van der Waals surface area contributed by atoms with Gasteiger partial charge in [-0.3, -0.25) is 4.79 Å². The van der Waals surface area contributed by atoms with Crippen LogP contribution in [0, 0.1) is 17.8 Å². The highest BCUT2D eigenvalue weighted by Gasteiger charge is 2.59. The molecule has 1 aromatic rings. The van der Waals surface area contributed by atoms with Gasteiger partial charge in [0, 0.05) is 11.8 Å². The number of Topliss-reactive ketones (excluding diaryl/α,β-unsaturated/α-hetero) is 1. The molecule has 2 bridgehead atoms. The van der Waals surface area contributed by atoms with Crippen LogP contribution < -0.4 is 0 Å². The first-order valence-corrected chi connectivity index (χ1v) is 8.53. The highest BCUT2D eigenvalue weighted by molar-refractivity contribution is 5.87. The summed E-state index contributed by atoms with van der Waals surface area (Å²) in [5, 5.41) is 11.4. The van der Waals surface area contributed by atoms with Crippen LogP contribution in [-0.4, -0.2) is 16.5 Å². The van der Waals surface area contributed by atoms with Crippen molar-refractivity contribution in [2.24, 2.45) is 17.8 Å². The van der Waals surface area contributed by atoms with Crippen molar-refractivity contribution in [3.8, 4) is 0 Å². The number of hydrogen-bond donors (Lipinski definition) is 1. The Balaban J connectivity index is 1.82. The highest BCUT2D eigenvalue weighted by Crippen LogP contribution is 2.57. The molecule has 21 heavy (non-hydrogen) atoms. The Kier molecular flexibility index (Phi) is 3.18. The SMILES string of the molecule is O=C1C2CCCC1C1(O)CCCCC1C2c1ccccc1. The van der Waals surface area contributed by atoms with Crippen molar-refractivity contribution < 1.29 is 9.90 Å². The first-order chi connectivity index (χ1) is 10.2. The zero-order valence-electron chi connectivity index (χ0n) is 12.5. The predicted molar refractivity (Wildman–Crippen MR) is 81.9 cm³/mol. The standard InChI is InChI=1S/C19H24O2/c20-18-14-9-6-11-16(18)19(21)12-5-4-10-15(19)17(14)13-7-2-1-3-8-13/h1-3,7-8,14-17,21H,4-6,9-12H2. The van der Waals surface area contributed by atoms with Crippen LogP contribution in [0.1, 0.15) is 56.4 Å². The maximum atomic E-state index is 12.9. The summed E-state index contributed by atoms with van der Waals surface area (Å²) in [6, 6.07) is 10.5. The molecular formula is C19H24O2. The van der Waals surface area contributed by atoms with Crippen LogP contribution in [0.4, 0.5) is 0 Å². The number of rotatable bonds is 1. The van der Waals surface area contributed by atoms with E-state index in [1.54, 1.807) is 0 Å². The molecule has 0 amide bonds. The maximum Gasteiger partial charge on any atom is 0.142 e. The van der Waals surface area contributed by atoms with Gasteiger partial charge in [0.1, 0.15) is 5.78 Å². The Bertz CT molecular complexity index is 538. The second kappa shape index (κ2) is 4.95. The minimum absolute atomic E-state index is 0.0819. The number of benzene rings is 1. The van der Waals surface area contributed by atoms with Crippen molar-refractivity contribution in [3.63, 3.8) is 0 Å². The van der Waals surface area contributed by atoms with E-state index in [0.717, 1.165) is 38.5 Å². The molecule has 112 valence electrons. The van der Waals surface area contributed by atoms with Gasteiger partial charge < -0.3 is 5.11 Å². The number of carbonyl (C=O) groups excluding carboxylic acids is 1. The molecule has 1 N–H and O–H groups in total. The Morgan fingerprint density at radius 1 is 1.00 bits per heavy atom. The lowest BCUT2D eigenvalue weighted by molar-refractivity contribution is -0.172. The van der Waals surface area contributed by atoms with Crippen LogP contribution in [-0.2, 0) is 4.79 Å². The summed E-state index contributed by atoms with van der Waals surface area (Å²) in [6.45, 7) is 0. The molecule has 3 aliphatic rings. The fraction of sp³-hybridized carbons (Fsp3) is 0.632. The van der Waals surface area contributed by atoms with E-state index in [1.807, 2.05) is 6.07 Å². The highest BCUT2D eigenvalue weighted by atomic mass is 16.3. The van der Waals surface area contributed by atoms with Gasteiger partial charge in [0.05, 0.1) is 5.60 Å². The lowest BCUT2D eigenvalue weighted by Crippen LogP contribution is -2.60. The molecule has 3 saturated carbocycles. The van der Waals surface area contributed by atoms with Crippen LogP contribution in [0.5, 0.6) is 0 Å². The van der Waals surface area contributed by atoms with Gasteiger partial charge in [-0.05, 0) is 43.1 Å². The summed E-state index contributed by atoms with van der Waals surface area (Å²) in [4.78, 5) is 12.9. The van der Waals surface area contributed by atoms with Crippen molar-refractivity contribution in [3.05, 3.63) is 35.9 Å². The zero-order chi connectivity index (χ0) is 14.4. The van der Waals surface area contributed by atoms with Gasteiger partial charge in [-0.1, -0.05) is 49.6 Å². The van der Waals surface area contributed by atoms with Crippen LogP contribution >= 0.6 is 0 Å². The summed E-state index contributed by atoms with van der Waals surface area (Å²) in [5.41, 5.74) is 0.536. The van der Waals surface area contributed by atoms with E-state index in [0.29, 0.717) is 5.78 Å². The number of aliphatic hydroxyl groups is 1. The lowest BCUT2D eigenvalue weighted by Gasteiger charge is -2.56. The van der Waals surface area contributed by atoms with Crippen LogP contribution in [0.3, 0.4) is 0 Å². The first kappa shape index (κ1) is 13.5. The average molecular weight is 284 g/mol. The van der Waals surface area contributed by atoms with E-state index in [9.17, 15) is 9.90 Å². The molecule has 4 rings (SSSR count). The molecule has 2 heteroatoms. The van der Waals surface area contributed by atoms with Crippen molar-refractivity contribution in [1.82, 2.24) is 0 Å². The molecule has 0 heterocycles. The molecule has 1 aromatic carbocycles. The van der Waals surface area contributed by atoms with Crippen molar-refractivity contribution >= 4 is 5.78 Å². The molecule has 2 nitrogen and oxygen atoms in total. The molecule has 0 spiro atoms. The second-order valence-electron chi connectivity index (χ2n) is 7.27. The quantitative estimate of drug-likeness (QED) is 0.854. The Labute approximate surface area is 126 Å². The van der Waals surface area contributed by atoms with E-state index in [-0.39, 0.29) is 23.7 Å². The molecule has 0 radical (unpaired) electrons. The van der Waals surface area contributed by atoms with Gasteiger partial charge in [0.25, 0.3) is 0 Å². The summed E-state index contributed by atoms with van der Waals surface area (Å²) in [5.74, 6) is 0.939. The minimum Gasteiger partial charge on any atom is -0.389 e. The molecule has 3 aliphatic carbocycles. The third-order valence-electron chi connectivity index (χ3n) is 6.36. The number of hydrogen-bond acceptors (Lipinski definition) is 2. The lowest BCUT2D eigenvalue weighted by atomic mass is 9.49. The van der Waals surface area contributed by atoms with Gasteiger partial charge >= 0.3 is 0 Å². The summed E-state index contributed by atoms with van der Waals surface area (Å²) < 4.78 is 0. The molecule has 0 saturated heterocycles. The van der Waals surface area contributed by atoms with Crippen molar-refractivity contribution in [2.75, 3.05) is 0 Å². The molecule has 3 fully saturated rings. The Morgan fingerprint density at radius 3 is 2.62 bits per heavy atom. The van der Waals surface area contributed by atoms with Crippen molar-refractivity contribution in [2.45, 2.75) is 56.5 Å². The summed E-state index contributed by atoms with van der Waals surface area (Å²) in [7, 11) is 0. The van der Waals surface area contributed by atoms with Crippen LogP contribution in [0.2, 0.25) is 0 Å². The van der Waals surface area contributed by atoms with Crippen LogP contribution in [0.25, 0.3) is 0 Å². The number of carbonyl (C=O) groups is 1. The molecule has 5 atom stereocenters. The van der Waals surface area contributed by atoms with Gasteiger partial charge in [0.15, 0.2) is 0 Å². The topological polar surface area (TPSA) is 37.3 Å². The van der Waals surface area contributed by atoms with E-state index >= 15 is 0 Å². The van der Waals surface area contributed by atoms with E-state index < -0.39 is 5.60 Å². The van der Waals surface area contributed by atoms with Gasteiger partial charge in [0.2, 0.25) is 0 Å². The van der Waals surface area contributed by atoms with Gasteiger partial charge in [-0.25, -0.2) is 0 Å². The minimum atomic E-state index is -0.729. The Hall–Kier alpha value is -1.15.